The van der Waals surface area contributed by atoms with Crippen molar-refractivity contribution in [1.29, 1.82) is 0 Å². The monoisotopic (exact) mass is 176 g/mol. The molecule has 1 aromatic rings. The standard InChI is InChI=1S/C10H14N3/c11-9-2-1-3-10(8-9)13-6-4-12-5-7-13/h2-3,8,12H,4-7,11H2. The summed E-state index contributed by atoms with van der Waals surface area (Å²) in [5.41, 5.74) is 7.66. The average Bonchev–Trinajstić information content (AvgIpc) is 2.19. The Bertz CT molecular complexity index is 279. The minimum Gasteiger partial charge on any atom is -0.399 e. The van der Waals surface area contributed by atoms with Crippen LogP contribution in [-0.2, 0) is 0 Å². The third kappa shape index (κ3) is 1.92. The molecule has 0 unspecified atom stereocenters. The molecule has 1 radical (unpaired) electrons. The molecule has 0 amide bonds. The molecule has 1 heterocycles. The smallest absolute Gasteiger partial charge is 0.0393 e. The van der Waals surface area contributed by atoms with Gasteiger partial charge in [-0.05, 0) is 24.3 Å². The minimum absolute atomic E-state index is 0.788. The van der Waals surface area contributed by atoms with Crippen LogP contribution in [0.25, 0.3) is 0 Å². The first-order valence-electron chi connectivity index (χ1n) is 4.58. The molecule has 0 spiro atoms. The number of nitrogens with one attached hydrogen (secondary N) is 1. The predicted octanol–water partition coefficient (Wildman–Crippen LogP) is 0.479. The summed E-state index contributed by atoms with van der Waals surface area (Å²) in [4.78, 5) is 2.32. The van der Waals surface area contributed by atoms with Crippen LogP contribution < -0.4 is 16.0 Å². The van der Waals surface area contributed by atoms with Crippen molar-refractivity contribution in [3.05, 3.63) is 24.3 Å². The number of nitrogens with two attached hydrogens (primary N) is 1. The molecule has 3 N–H and O–H groups in total. The summed E-state index contributed by atoms with van der Waals surface area (Å²) in [6.45, 7) is 4.21. The molecule has 1 aliphatic heterocycles. The zero-order chi connectivity index (χ0) is 9.10. The molecule has 1 aromatic carbocycles. The van der Waals surface area contributed by atoms with E-state index in [9.17, 15) is 0 Å². The largest absolute Gasteiger partial charge is 0.399 e. The molecule has 0 aliphatic carbocycles. The van der Waals surface area contributed by atoms with E-state index in [1.54, 1.807) is 6.07 Å². The molecule has 1 fully saturated rings. The first-order chi connectivity index (χ1) is 6.36. The van der Waals surface area contributed by atoms with Crippen molar-refractivity contribution in [2.75, 3.05) is 36.8 Å². The highest BCUT2D eigenvalue weighted by molar-refractivity contribution is 5.55. The Balaban J connectivity index is 2.14. The summed E-state index contributed by atoms with van der Waals surface area (Å²) in [7, 11) is 0. The molecular formula is C10H14N3. The molecule has 1 aliphatic rings. The van der Waals surface area contributed by atoms with Gasteiger partial charge in [0, 0.05) is 37.6 Å². The highest BCUT2D eigenvalue weighted by Gasteiger charge is 2.09. The highest BCUT2D eigenvalue weighted by atomic mass is 15.2. The van der Waals surface area contributed by atoms with Crippen LogP contribution in [0.4, 0.5) is 11.4 Å². The molecule has 69 valence electrons. The lowest BCUT2D eigenvalue weighted by molar-refractivity contribution is 0.589. The Morgan fingerprint density at radius 3 is 2.77 bits per heavy atom. The molecule has 13 heavy (non-hydrogen) atoms. The van der Waals surface area contributed by atoms with Crippen molar-refractivity contribution in [2.45, 2.75) is 0 Å². The summed E-state index contributed by atoms with van der Waals surface area (Å²) in [6.07, 6.45) is 0. The second kappa shape index (κ2) is 3.66. The molecule has 0 atom stereocenters. The summed E-state index contributed by atoms with van der Waals surface area (Å²) < 4.78 is 0. The number of piperazine rings is 1. The maximum Gasteiger partial charge on any atom is 0.0393 e. The van der Waals surface area contributed by atoms with E-state index in [2.05, 4.69) is 16.3 Å². The van der Waals surface area contributed by atoms with Crippen molar-refractivity contribution < 1.29 is 0 Å². The average molecular weight is 176 g/mol. The van der Waals surface area contributed by atoms with E-state index in [1.165, 1.54) is 5.69 Å². The fourth-order valence-corrected chi connectivity index (χ4v) is 1.58. The fraction of sp³-hybridized carbons (Fsp3) is 0.400. The maximum atomic E-state index is 5.69. The van der Waals surface area contributed by atoms with Crippen LogP contribution in [0.1, 0.15) is 0 Å². The van der Waals surface area contributed by atoms with E-state index in [1.807, 2.05) is 12.1 Å². The van der Waals surface area contributed by atoms with Crippen LogP contribution in [0.3, 0.4) is 0 Å². The van der Waals surface area contributed by atoms with Crippen LogP contribution in [0.5, 0.6) is 0 Å². The molecular weight excluding hydrogens is 162 g/mol. The van der Waals surface area contributed by atoms with Gasteiger partial charge in [-0.2, -0.15) is 0 Å². The number of hydrogen-bond donors (Lipinski definition) is 2. The Morgan fingerprint density at radius 1 is 1.31 bits per heavy atom. The van der Waals surface area contributed by atoms with Crippen LogP contribution in [0.2, 0.25) is 0 Å². The third-order valence-electron chi connectivity index (χ3n) is 2.28. The molecule has 1 saturated heterocycles. The maximum absolute atomic E-state index is 5.69. The summed E-state index contributed by atoms with van der Waals surface area (Å²) in [6, 6.07) is 8.83. The number of anilines is 2. The highest BCUT2D eigenvalue weighted by Crippen LogP contribution is 2.16. The Kier molecular flexibility index (Phi) is 2.36. The van der Waals surface area contributed by atoms with E-state index < -0.39 is 0 Å². The zero-order valence-corrected chi connectivity index (χ0v) is 7.59. The van der Waals surface area contributed by atoms with Crippen LogP contribution >= 0.6 is 0 Å². The number of benzene rings is 1. The topological polar surface area (TPSA) is 41.3 Å². The zero-order valence-electron chi connectivity index (χ0n) is 7.59. The second-order valence-electron chi connectivity index (χ2n) is 3.26. The second-order valence-corrected chi connectivity index (χ2v) is 3.26. The van der Waals surface area contributed by atoms with Crippen molar-refractivity contribution in [1.82, 2.24) is 5.32 Å². The first-order valence-corrected chi connectivity index (χ1v) is 4.58. The Labute approximate surface area is 78.5 Å². The lowest BCUT2D eigenvalue weighted by Gasteiger charge is -2.29. The van der Waals surface area contributed by atoms with Crippen LogP contribution in [0.15, 0.2) is 18.2 Å². The Morgan fingerprint density at radius 2 is 2.08 bits per heavy atom. The van der Waals surface area contributed by atoms with Crippen molar-refractivity contribution in [2.24, 2.45) is 0 Å². The van der Waals surface area contributed by atoms with Crippen molar-refractivity contribution in [3.63, 3.8) is 0 Å². The van der Waals surface area contributed by atoms with E-state index in [0.717, 1.165) is 31.9 Å². The first kappa shape index (κ1) is 8.38. The number of nitrogen functional groups attached to an aromatic ring is 1. The van der Waals surface area contributed by atoms with Crippen molar-refractivity contribution in [3.8, 4) is 0 Å². The lowest BCUT2D eigenvalue weighted by Crippen LogP contribution is -2.43. The fourth-order valence-electron chi connectivity index (χ4n) is 1.58. The normalized spacial score (nSPS) is 17.4. The van der Waals surface area contributed by atoms with E-state index in [-0.39, 0.29) is 0 Å². The molecule has 3 nitrogen and oxygen atoms in total. The van der Waals surface area contributed by atoms with E-state index in [0.29, 0.717) is 0 Å². The van der Waals surface area contributed by atoms with Gasteiger partial charge in [0.1, 0.15) is 0 Å². The predicted molar refractivity (Wildman–Crippen MR) is 54.8 cm³/mol. The Hall–Kier alpha value is -1.22. The molecule has 0 saturated carbocycles. The SMILES string of the molecule is Nc1c[c]cc(N2CCNCC2)c1. The molecule has 0 aromatic heterocycles. The van der Waals surface area contributed by atoms with Gasteiger partial charge in [-0.3, -0.25) is 0 Å². The van der Waals surface area contributed by atoms with Crippen molar-refractivity contribution >= 4 is 11.4 Å². The minimum atomic E-state index is 0.788. The van der Waals surface area contributed by atoms with Gasteiger partial charge in [0.15, 0.2) is 0 Å². The van der Waals surface area contributed by atoms with Gasteiger partial charge in [-0.1, -0.05) is 0 Å². The third-order valence-corrected chi connectivity index (χ3v) is 2.28. The van der Waals surface area contributed by atoms with Crippen LogP contribution in [0, 0.1) is 6.07 Å². The van der Waals surface area contributed by atoms with Gasteiger partial charge in [0.05, 0.1) is 0 Å². The van der Waals surface area contributed by atoms with Gasteiger partial charge < -0.3 is 16.0 Å². The van der Waals surface area contributed by atoms with Gasteiger partial charge in [0.2, 0.25) is 0 Å². The number of nitrogens with zero attached hydrogens (tertiary/aromatic N) is 1. The quantitative estimate of drug-likeness (QED) is 0.611. The molecule has 3 heteroatoms. The van der Waals surface area contributed by atoms with Gasteiger partial charge in [-0.15, -0.1) is 0 Å². The number of rotatable bonds is 1. The van der Waals surface area contributed by atoms with Gasteiger partial charge in [-0.25, -0.2) is 0 Å². The molecule has 2 rings (SSSR count). The molecule has 0 bridgehead atoms. The lowest BCUT2D eigenvalue weighted by atomic mass is 10.2. The van der Waals surface area contributed by atoms with E-state index in [4.69, 9.17) is 5.73 Å². The summed E-state index contributed by atoms with van der Waals surface area (Å²) in [5, 5.41) is 3.32. The van der Waals surface area contributed by atoms with Gasteiger partial charge >= 0.3 is 0 Å². The summed E-state index contributed by atoms with van der Waals surface area (Å²) >= 11 is 0. The summed E-state index contributed by atoms with van der Waals surface area (Å²) in [5.74, 6) is 0. The van der Waals surface area contributed by atoms with E-state index >= 15 is 0 Å². The van der Waals surface area contributed by atoms with Gasteiger partial charge in [0.25, 0.3) is 0 Å². The number of hydrogen-bond acceptors (Lipinski definition) is 3. The van der Waals surface area contributed by atoms with Crippen LogP contribution in [-0.4, -0.2) is 26.2 Å².